The highest BCUT2D eigenvalue weighted by molar-refractivity contribution is 5.79. The number of hydrogen-bond acceptors (Lipinski definition) is 4. The summed E-state index contributed by atoms with van der Waals surface area (Å²) in [5.74, 6) is 0.430. The quantitative estimate of drug-likeness (QED) is 0.844. The van der Waals surface area contributed by atoms with Crippen molar-refractivity contribution in [1.82, 2.24) is 24.9 Å². The molecule has 0 bridgehead atoms. The van der Waals surface area contributed by atoms with Crippen molar-refractivity contribution < 1.29 is 4.79 Å². The number of nitrogens with one attached hydrogen (secondary N) is 1. The Kier molecular flexibility index (Phi) is 5.48. The van der Waals surface area contributed by atoms with Gasteiger partial charge in [-0.2, -0.15) is 10.2 Å². The third-order valence-electron chi connectivity index (χ3n) is 5.61. The summed E-state index contributed by atoms with van der Waals surface area (Å²) < 4.78 is 3.28. The zero-order valence-electron chi connectivity index (χ0n) is 16.8. The minimum absolute atomic E-state index is 0.100. The molecular weight excluding hydrogens is 342 g/mol. The Labute approximate surface area is 159 Å². The molecular formula is C20H29N5O2. The van der Waals surface area contributed by atoms with Gasteiger partial charge in [-0.15, -0.1) is 0 Å². The summed E-state index contributed by atoms with van der Waals surface area (Å²) in [6.07, 6.45) is 3.05. The minimum atomic E-state index is -0.165. The van der Waals surface area contributed by atoms with Crippen LogP contribution in [0.25, 0.3) is 11.3 Å². The fraction of sp³-hybridized carbons (Fsp3) is 0.600. The zero-order chi connectivity index (χ0) is 19.7. The lowest BCUT2D eigenvalue weighted by Crippen LogP contribution is -2.47. The number of amides is 1. The maximum absolute atomic E-state index is 12.4. The van der Waals surface area contributed by atoms with Gasteiger partial charge < -0.3 is 5.32 Å². The number of aromatic nitrogens is 4. The molecule has 1 N–H and O–H groups in total. The molecule has 3 rings (SSSR count). The van der Waals surface area contributed by atoms with Crippen LogP contribution in [0.15, 0.2) is 16.9 Å². The van der Waals surface area contributed by atoms with Crippen molar-refractivity contribution in [2.45, 2.75) is 59.5 Å². The molecule has 1 atom stereocenters. The smallest absolute Gasteiger partial charge is 0.266 e. The predicted molar refractivity (Wildman–Crippen MR) is 104 cm³/mol. The number of nitrogens with zero attached hydrogens (tertiary/aromatic N) is 4. The number of rotatable bonds is 6. The average molecular weight is 371 g/mol. The van der Waals surface area contributed by atoms with Crippen LogP contribution in [0.3, 0.4) is 0 Å². The Hall–Kier alpha value is -2.44. The van der Waals surface area contributed by atoms with Crippen LogP contribution < -0.4 is 10.9 Å². The summed E-state index contributed by atoms with van der Waals surface area (Å²) in [6.45, 7) is 8.39. The number of carbonyl (C=O) groups is 1. The van der Waals surface area contributed by atoms with Gasteiger partial charge in [0.2, 0.25) is 5.91 Å². The molecule has 1 aliphatic carbocycles. The molecule has 2 aromatic heterocycles. The summed E-state index contributed by atoms with van der Waals surface area (Å²) in [5.41, 5.74) is 3.40. The van der Waals surface area contributed by atoms with E-state index in [0.29, 0.717) is 6.54 Å². The van der Waals surface area contributed by atoms with Crippen molar-refractivity contribution in [2.75, 3.05) is 0 Å². The van der Waals surface area contributed by atoms with Crippen molar-refractivity contribution >= 4 is 5.91 Å². The monoisotopic (exact) mass is 371 g/mol. The molecule has 0 radical (unpaired) electrons. The van der Waals surface area contributed by atoms with Crippen molar-refractivity contribution in [3.8, 4) is 11.3 Å². The van der Waals surface area contributed by atoms with Crippen LogP contribution >= 0.6 is 0 Å². The van der Waals surface area contributed by atoms with Crippen LogP contribution in [0, 0.1) is 25.7 Å². The van der Waals surface area contributed by atoms with Gasteiger partial charge >= 0.3 is 0 Å². The Balaban J connectivity index is 1.86. The van der Waals surface area contributed by atoms with Crippen molar-refractivity contribution in [2.24, 2.45) is 18.9 Å². The average Bonchev–Trinajstić information content (AvgIpc) is 2.79. The first-order chi connectivity index (χ1) is 12.8. The Bertz CT molecular complexity index is 892. The molecule has 1 fully saturated rings. The van der Waals surface area contributed by atoms with E-state index in [1.165, 1.54) is 4.68 Å². The molecule has 1 amide bonds. The van der Waals surface area contributed by atoms with Gasteiger partial charge in [0.05, 0.1) is 24.0 Å². The molecule has 0 aromatic carbocycles. The van der Waals surface area contributed by atoms with Gasteiger partial charge in [0, 0.05) is 30.3 Å². The third kappa shape index (κ3) is 3.96. The van der Waals surface area contributed by atoms with E-state index in [9.17, 15) is 9.59 Å². The van der Waals surface area contributed by atoms with E-state index in [2.05, 4.69) is 29.4 Å². The second-order valence-electron chi connectivity index (χ2n) is 7.90. The summed E-state index contributed by atoms with van der Waals surface area (Å²) >= 11 is 0. The van der Waals surface area contributed by atoms with E-state index in [-0.39, 0.29) is 29.3 Å². The molecule has 0 aliphatic heterocycles. The summed E-state index contributed by atoms with van der Waals surface area (Å²) in [4.78, 5) is 24.8. The van der Waals surface area contributed by atoms with E-state index in [1.807, 2.05) is 25.6 Å². The Morgan fingerprint density at radius 3 is 2.48 bits per heavy atom. The van der Waals surface area contributed by atoms with Gasteiger partial charge in [0.1, 0.15) is 0 Å². The van der Waals surface area contributed by atoms with E-state index in [0.717, 1.165) is 41.9 Å². The van der Waals surface area contributed by atoms with Gasteiger partial charge in [0.15, 0.2) is 0 Å². The lowest BCUT2D eigenvalue weighted by molar-refractivity contribution is -0.128. The van der Waals surface area contributed by atoms with Crippen LogP contribution in [-0.4, -0.2) is 31.5 Å². The van der Waals surface area contributed by atoms with Crippen molar-refractivity contribution in [3.05, 3.63) is 33.9 Å². The summed E-state index contributed by atoms with van der Waals surface area (Å²) in [6, 6.07) is 3.15. The minimum Gasteiger partial charge on any atom is -0.351 e. The molecule has 7 heteroatoms. The van der Waals surface area contributed by atoms with E-state index < -0.39 is 0 Å². The van der Waals surface area contributed by atoms with Crippen molar-refractivity contribution in [3.63, 3.8) is 0 Å². The first-order valence-corrected chi connectivity index (χ1v) is 9.67. The summed E-state index contributed by atoms with van der Waals surface area (Å²) in [5, 5.41) is 12.1. The standard InChI is InChI=1S/C20H29N5O2/c1-12(2)17(21-20(27)15-7-6-8-15)11-25-18(26)10-9-16(23-25)19-13(3)22-24(5)14(19)4/h9-10,12,15,17H,6-8,11H2,1-5H3,(H,21,27)/t17-/m0/s1. The van der Waals surface area contributed by atoms with Crippen LogP contribution in [0.1, 0.15) is 44.5 Å². The Morgan fingerprint density at radius 2 is 1.96 bits per heavy atom. The second kappa shape index (κ2) is 7.66. The highest BCUT2D eigenvalue weighted by atomic mass is 16.2. The topological polar surface area (TPSA) is 81.8 Å². The van der Waals surface area contributed by atoms with Crippen LogP contribution in [-0.2, 0) is 18.4 Å². The summed E-state index contributed by atoms with van der Waals surface area (Å²) in [7, 11) is 1.90. The molecule has 2 heterocycles. The van der Waals surface area contributed by atoms with E-state index in [1.54, 1.807) is 12.1 Å². The van der Waals surface area contributed by atoms with Gasteiger partial charge in [-0.1, -0.05) is 20.3 Å². The SMILES string of the molecule is Cc1nn(C)c(C)c1-c1ccc(=O)n(C[C@H](NC(=O)C2CCC2)C(C)C)n1. The third-order valence-corrected chi connectivity index (χ3v) is 5.61. The molecule has 0 saturated heterocycles. The number of hydrogen-bond donors (Lipinski definition) is 1. The van der Waals surface area contributed by atoms with Gasteiger partial charge in [-0.3, -0.25) is 14.3 Å². The fourth-order valence-electron chi connectivity index (χ4n) is 3.44. The van der Waals surface area contributed by atoms with Gasteiger partial charge in [0.25, 0.3) is 5.56 Å². The maximum atomic E-state index is 12.4. The first kappa shape index (κ1) is 19.3. The normalized spacial score (nSPS) is 15.6. The molecule has 7 nitrogen and oxygen atoms in total. The highest BCUT2D eigenvalue weighted by Gasteiger charge is 2.28. The molecule has 0 unspecified atom stereocenters. The molecule has 0 spiro atoms. The van der Waals surface area contributed by atoms with Crippen LogP contribution in [0.2, 0.25) is 0 Å². The number of aryl methyl sites for hydroxylation is 2. The molecule has 1 saturated carbocycles. The fourth-order valence-corrected chi connectivity index (χ4v) is 3.44. The van der Waals surface area contributed by atoms with E-state index >= 15 is 0 Å². The van der Waals surface area contributed by atoms with E-state index in [4.69, 9.17) is 0 Å². The zero-order valence-corrected chi connectivity index (χ0v) is 16.8. The first-order valence-electron chi connectivity index (χ1n) is 9.67. The number of carbonyl (C=O) groups excluding carboxylic acids is 1. The molecule has 27 heavy (non-hydrogen) atoms. The van der Waals surface area contributed by atoms with Crippen LogP contribution in [0.5, 0.6) is 0 Å². The largest absolute Gasteiger partial charge is 0.351 e. The Morgan fingerprint density at radius 1 is 1.26 bits per heavy atom. The highest BCUT2D eigenvalue weighted by Crippen LogP contribution is 2.27. The second-order valence-corrected chi connectivity index (χ2v) is 7.90. The maximum Gasteiger partial charge on any atom is 0.266 e. The lowest BCUT2D eigenvalue weighted by Gasteiger charge is -2.29. The molecule has 146 valence electrons. The molecule has 2 aromatic rings. The van der Waals surface area contributed by atoms with Crippen molar-refractivity contribution in [1.29, 1.82) is 0 Å². The molecule has 1 aliphatic rings. The van der Waals surface area contributed by atoms with Crippen LogP contribution in [0.4, 0.5) is 0 Å². The predicted octanol–water partition coefficient (Wildman–Crippen LogP) is 2.20. The van der Waals surface area contributed by atoms with Gasteiger partial charge in [-0.25, -0.2) is 4.68 Å². The lowest BCUT2D eigenvalue weighted by atomic mass is 9.84. The van der Waals surface area contributed by atoms with Gasteiger partial charge in [-0.05, 0) is 38.7 Å².